The molecule has 0 unspecified atom stereocenters. The Morgan fingerprint density at radius 3 is 1.72 bits per heavy atom. The number of H-pyrrole nitrogens is 4. The fourth-order valence-corrected chi connectivity index (χ4v) is 5.69. The number of ether oxygens (including phenoxy) is 1. The molecule has 4 aromatic carbocycles. The average Bonchev–Trinajstić information content (AvgIpc) is 3.56. The summed E-state index contributed by atoms with van der Waals surface area (Å²) in [6, 6.07) is 28.2. The first-order valence-corrected chi connectivity index (χ1v) is 14.5. The Kier molecular flexibility index (Phi) is 7.84. The Morgan fingerprint density at radius 2 is 1.19 bits per heavy atom. The molecule has 0 aliphatic carbocycles. The van der Waals surface area contributed by atoms with Crippen molar-refractivity contribution >= 4 is 23.2 Å². The van der Waals surface area contributed by atoms with Crippen LogP contribution < -0.4 is 15.9 Å². The Labute approximate surface area is 257 Å². The topological polar surface area (TPSA) is 107 Å². The second-order valence-electron chi connectivity index (χ2n) is 10.5. The lowest BCUT2D eigenvalue weighted by Gasteiger charge is -2.21. The quantitative estimate of drug-likeness (QED) is 0.142. The Hall–Kier alpha value is -4.72. The largest absolute Gasteiger partial charge is 0.489 e. The molecule has 6 aromatic rings. The molecule has 4 N–H and O–H groups in total. The van der Waals surface area contributed by atoms with Gasteiger partial charge in [0.05, 0.1) is 28.4 Å². The van der Waals surface area contributed by atoms with Gasteiger partial charge in [0.2, 0.25) is 0 Å². The van der Waals surface area contributed by atoms with E-state index in [9.17, 15) is 9.59 Å². The lowest BCUT2D eigenvalue weighted by atomic mass is 9.82. The molecule has 7 nitrogen and oxygen atoms in total. The molecule has 9 heteroatoms. The van der Waals surface area contributed by atoms with Crippen molar-refractivity contribution in [3.8, 4) is 28.3 Å². The van der Waals surface area contributed by atoms with E-state index in [-0.39, 0.29) is 17.7 Å². The normalized spacial score (nSPS) is 11.3. The second-order valence-corrected chi connectivity index (χ2v) is 11.4. The van der Waals surface area contributed by atoms with Gasteiger partial charge in [-0.05, 0) is 60.9 Å². The molecular weight excluding hydrogens is 583 g/mol. The smallest absolute Gasteiger partial charge is 0.268 e. The van der Waals surface area contributed by atoms with E-state index in [0.717, 1.165) is 27.8 Å². The number of hydrogen-bond acceptors (Lipinski definition) is 3. The highest BCUT2D eigenvalue weighted by atomic mass is 35.5. The van der Waals surface area contributed by atoms with Gasteiger partial charge in [0.25, 0.3) is 11.1 Å². The Bertz CT molecular complexity index is 1920. The molecule has 6 rings (SSSR count). The molecule has 216 valence electrons. The molecule has 0 bridgehead atoms. The summed E-state index contributed by atoms with van der Waals surface area (Å²) in [5.74, 6) is -0.397. The van der Waals surface area contributed by atoms with Crippen LogP contribution in [0.5, 0.6) is 5.75 Å². The number of aryl methyl sites for hydroxylation is 2. The predicted molar refractivity (Wildman–Crippen MR) is 171 cm³/mol. The van der Waals surface area contributed by atoms with Crippen molar-refractivity contribution in [3.63, 3.8) is 0 Å². The molecule has 43 heavy (non-hydrogen) atoms. The molecule has 0 aliphatic rings. The summed E-state index contributed by atoms with van der Waals surface area (Å²) in [6.45, 7) is 4.21. The molecule has 0 radical (unpaired) electrons. The first-order chi connectivity index (χ1) is 20.8. The minimum atomic E-state index is -0.870. The van der Waals surface area contributed by atoms with Gasteiger partial charge in [-0.2, -0.15) is 0 Å². The fourth-order valence-electron chi connectivity index (χ4n) is 5.30. The molecule has 0 atom stereocenters. The minimum absolute atomic E-state index is 0.213. The highest BCUT2D eigenvalue weighted by Gasteiger charge is 2.33. The summed E-state index contributed by atoms with van der Waals surface area (Å²) in [5.41, 5.74) is 6.27. The van der Waals surface area contributed by atoms with Crippen LogP contribution in [0.4, 0.5) is 0 Å². The van der Waals surface area contributed by atoms with Crippen molar-refractivity contribution in [2.24, 2.45) is 0 Å². The summed E-state index contributed by atoms with van der Waals surface area (Å²) in [7, 11) is 0. The summed E-state index contributed by atoms with van der Waals surface area (Å²) in [6.07, 6.45) is 0. The van der Waals surface area contributed by atoms with E-state index < -0.39 is 5.92 Å². The Morgan fingerprint density at radius 1 is 0.651 bits per heavy atom. The van der Waals surface area contributed by atoms with E-state index in [1.807, 2.05) is 80.6 Å². The van der Waals surface area contributed by atoms with E-state index in [1.54, 1.807) is 24.3 Å². The summed E-state index contributed by atoms with van der Waals surface area (Å²) in [5, 5.41) is 12.7. The van der Waals surface area contributed by atoms with Crippen LogP contribution in [-0.2, 0) is 6.61 Å². The van der Waals surface area contributed by atoms with Gasteiger partial charge < -0.3 is 4.74 Å². The molecule has 0 spiro atoms. The molecule has 0 amide bonds. The second kappa shape index (κ2) is 11.9. The molecular formula is C34H28Cl2N4O3. The van der Waals surface area contributed by atoms with Crippen molar-refractivity contribution < 1.29 is 4.74 Å². The number of nitrogens with one attached hydrogen (secondary N) is 4. The van der Waals surface area contributed by atoms with Gasteiger partial charge in [-0.15, -0.1) is 0 Å². The van der Waals surface area contributed by atoms with E-state index in [1.165, 1.54) is 0 Å². The molecule has 0 saturated heterocycles. The van der Waals surface area contributed by atoms with Gasteiger partial charge >= 0.3 is 0 Å². The zero-order valence-electron chi connectivity index (χ0n) is 23.4. The van der Waals surface area contributed by atoms with E-state index in [2.05, 4.69) is 20.4 Å². The van der Waals surface area contributed by atoms with Gasteiger partial charge in [0, 0.05) is 15.6 Å². The molecule has 0 aliphatic heterocycles. The van der Waals surface area contributed by atoms with Crippen LogP contribution >= 0.6 is 23.2 Å². The first-order valence-electron chi connectivity index (χ1n) is 13.7. The van der Waals surface area contributed by atoms with E-state index in [4.69, 9.17) is 27.9 Å². The van der Waals surface area contributed by atoms with Crippen LogP contribution in [0.1, 0.15) is 39.3 Å². The van der Waals surface area contributed by atoms with Crippen LogP contribution in [0.2, 0.25) is 10.0 Å². The maximum Gasteiger partial charge on any atom is 0.268 e. The third-order valence-corrected chi connectivity index (χ3v) is 7.92. The lowest BCUT2D eigenvalue weighted by Crippen LogP contribution is -2.21. The average molecular weight is 612 g/mol. The van der Waals surface area contributed by atoms with Gasteiger partial charge in [0.1, 0.15) is 12.4 Å². The van der Waals surface area contributed by atoms with Crippen LogP contribution in [0.3, 0.4) is 0 Å². The highest BCUT2D eigenvalue weighted by Crippen LogP contribution is 2.42. The van der Waals surface area contributed by atoms with Crippen molar-refractivity contribution in [2.75, 3.05) is 0 Å². The number of rotatable bonds is 8. The summed E-state index contributed by atoms with van der Waals surface area (Å²) >= 11 is 12.8. The summed E-state index contributed by atoms with van der Waals surface area (Å²) < 4.78 is 6.35. The maximum atomic E-state index is 13.7. The third-order valence-electron chi connectivity index (χ3n) is 7.45. The van der Waals surface area contributed by atoms with Crippen molar-refractivity contribution in [2.45, 2.75) is 26.4 Å². The molecule has 0 fully saturated rings. The van der Waals surface area contributed by atoms with E-state index in [0.29, 0.717) is 43.9 Å². The van der Waals surface area contributed by atoms with Crippen LogP contribution in [-0.4, -0.2) is 20.4 Å². The van der Waals surface area contributed by atoms with Gasteiger partial charge in [-0.25, -0.2) is 0 Å². The van der Waals surface area contributed by atoms with Gasteiger partial charge in [-0.3, -0.25) is 30.0 Å². The maximum absolute atomic E-state index is 13.7. The van der Waals surface area contributed by atoms with Gasteiger partial charge in [-0.1, -0.05) is 95.0 Å². The minimum Gasteiger partial charge on any atom is -0.489 e. The standard InChI is InChI=1S/C34H28Cl2N4O3/c1-19-6-10-22(11-7-19)31-29(33(41)39-37-31)28(30-32(38-40-34(30)42)23-12-8-20(2)9-13-23)26-17-25(36)14-15-27(26)43-18-21-4-3-5-24(35)16-21/h3-17,28H,18H2,1-2H3,(H2,37,39,41)(H2,38,40,42). The van der Waals surface area contributed by atoms with Crippen LogP contribution in [0, 0.1) is 13.8 Å². The fraction of sp³-hybridized carbons (Fsp3) is 0.118. The zero-order chi connectivity index (χ0) is 30.1. The van der Waals surface area contributed by atoms with Crippen LogP contribution in [0.15, 0.2) is 101 Å². The molecule has 0 saturated carbocycles. The van der Waals surface area contributed by atoms with Crippen molar-refractivity contribution in [1.82, 2.24) is 20.4 Å². The lowest BCUT2D eigenvalue weighted by molar-refractivity contribution is 0.302. The number of benzene rings is 4. The van der Waals surface area contributed by atoms with Gasteiger partial charge in [0.15, 0.2) is 0 Å². The number of aromatic nitrogens is 4. The third kappa shape index (κ3) is 5.82. The summed E-state index contributed by atoms with van der Waals surface area (Å²) in [4.78, 5) is 27.4. The molecule has 2 heterocycles. The molecule has 2 aromatic heterocycles. The number of aromatic amines is 4. The predicted octanol–water partition coefficient (Wildman–Crippen LogP) is 7.74. The van der Waals surface area contributed by atoms with Crippen molar-refractivity contribution in [3.05, 3.63) is 155 Å². The monoisotopic (exact) mass is 610 g/mol. The Balaban J connectivity index is 1.59. The van der Waals surface area contributed by atoms with Crippen molar-refractivity contribution in [1.29, 1.82) is 0 Å². The SMILES string of the molecule is Cc1ccc(-c2[nH][nH]c(=O)c2C(c2cc(Cl)ccc2OCc2cccc(Cl)c2)c2c(-c3ccc(C)cc3)[nH][nH]c2=O)cc1. The highest BCUT2D eigenvalue weighted by molar-refractivity contribution is 6.31. The van der Waals surface area contributed by atoms with E-state index >= 15 is 0 Å². The number of halogens is 2. The zero-order valence-corrected chi connectivity index (χ0v) is 24.9. The van der Waals surface area contributed by atoms with Crippen LogP contribution in [0.25, 0.3) is 22.5 Å². The first kappa shape index (κ1) is 28.4. The number of hydrogen-bond donors (Lipinski definition) is 4.